The lowest BCUT2D eigenvalue weighted by Crippen LogP contribution is -2.41. The highest BCUT2D eigenvalue weighted by Crippen LogP contribution is 2.36. The van der Waals surface area contributed by atoms with Crippen molar-refractivity contribution in [2.24, 2.45) is 0 Å². The maximum atomic E-state index is 8.96. The Morgan fingerprint density at radius 1 is 0.765 bits per heavy atom. The van der Waals surface area contributed by atoms with Gasteiger partial charge in [0.25, 0.3) is 0 Å². The number of nitrogens with two attached hydrogens (primary N) is 2. The molecule has 1 saturated heterocycles. The monoisotopic (exact) mass is 458 g/mol. The largest absolute Gasteiger partial charge is 0.494 e. The molecule has 0 aliphatic carbocycles. The van der Waals surface area contributed by atoms with Crippen molar-refractivity contribution in [3.8, 4) is 0 Å². The van der Waals surface area contributed by atoms with Crippen molar-refractivity contribution >= 4 is 58.3 Å². The summed E-state index contributed by atoms with van der Waals surface area (Å²) in [5.74, 6) is 0. The average molecular weight is 458 g/mol. The molecule has 0 spiro atoms. The van der Waals surface area contributed by atoms with E-state index in [0.717, 1.165) is 27.3 Å². The highest BCUT2D eigenvalue weighted by molar-refractivity contribution is 6.62. The fourth-order valence-electron chi connectivity index (χ4n) is 3.62. The first-order valence-electron chi connectivity index (χ1n) is 11.0. The van der Waals surface area contributed by atoms with Crippen molar-refractivity contribution in [1.82, 2.24) is 9.97 Å². The molecule has 10 heteroatoms. The standard InChI is InChI=1S/C15H19BN2O2.C9H9BN2O2/c1-14(2)15(3,4)20-16(19-14)11-5-6-13-10(7-11)8-12(17)9-18-13;11-8-4-6-3-7(10(13)14)1-2-9(6)12-5-8/h5-9H,17H2,1-4H3;1-5,13-14H,11H2. The van der Waals surface area contributed by atoms with Crippen LogP contribution in [0.3, 0.4) is 0 Å². The van der Waals surface area contributed by atoms with E-state index in [4.69, 9.17) is 30.8 Å². The minimum absolute atomic E-state index is 0.333. The molecule has 1 fully saturated rings. The number of fused-ring (bicyclic) bond motifs is 2. The van der Waals surface area contributed by atoms with Crippen molar-refractivity contribution in [2.45, 2.75) is 38.9 Å². The van der Waals surface area contributed by atoms with Gasteiger partial charge in [-0.1, -0.05) is 24.3 Å². The number of anilines is 2. The van der Waals surface area contributed by atoms with E-state index >= 15 is 0 Å². The molecule has 1 aliphatic rings. The summed E-state index contributed by atoms with van der Waals surface area (Å²) in [6, 6.07) is 14.7. The first-order chi connectivity index (χ1) is 15.9. The lowest BCUT2D eigenvalue weighted by molar-refractivity contribution is 0.00578. The molecular formula is C24H28B2N4O4. The van der Waals surface area contributed by atoms with Crippen LogP contribution >= 0.6 is 0 Å². The first-order valence-corrected chi connectivity index (χ1v) is 11.0. The third-order valence-electron chi connectivity index (χ3n) is 6.28. The molecule has 174 valence electrons. The van der Waals surface area contributed by atoms with Gasteiger partial charge in [0.05, 0.1) is 46.0 Å². The zero-order chi connectivity index (χ0) is 24.7. The summed E-state index contributed by atoms with van der Waals surface area (Å²) in [4.78, 5) is 8.39. The topological polar surface area (TPSA) is 137 Å². The molecule has 0 unspecified atom stereocenters. The van der Waals surface area contributed by atoms with E-state index in [9.17, 15) is 0 Å². The van der Waals surface area contributed by atoms with Crippen molar-refractivity contribution in [3.05, 3.63) is 60.9 Å². The van der Waals surface area contributed by atoms with Crippen LogP contribution in [0.1, 0.15) is 27.7 Å². The number of hydrogen-bond donors (Lipinski definition) is 4. The normalized spacial score (nSPS) is 16.4. The number of nitrogens with zero attached hydrogens (tertiary/aromatic N) is 2. The van der Waals surface area contributed by atoms with Gasteiger partial charge in [0.2, 0.25) is 0 Å². The van der Waals surface area contributed by atoms with Gasteiger partial charge in [-0.05, 0) is 62.9 Å². The molecule has 6 N–H and O–H groups in total. The quantitative estimate of drug-likeness (QED) is 0.333. The summed E-state index contributed by atoms with van der Waals surface area (Å²) < 4.78 is 12.1. The SMILES string of the molecule is CC1(C)OB(c2ccc3ncc(N)cc3c2)OC1(C)C.Nc1cnc2ccc(B(O)O)cc2c1. The van der Waals surface area contributed by atoms with Gasteiger partial charge in [-0.2, -0.15) is 0 Å². The molecule has 34 heavy (non-hydrogen) atoms. The van der Waals surface area contributed by atoms with Gasteiger partial charge in [-0.25, -0.2) is 0 Å². The summed E-state index contributed by atoms with van der Waals surface area (Å²) in [7, 11) is -1.81. The van der Waals surface area contributed by atoms with Gasteiger partial charge in [-0.15, -0.1) is 0 Å². The minimum Gasteiger partial charge on any atom is -0.423 e. The third-order valence-corrected chi connectivity index (χ3v) is 6.28. The van der Waals surface area contributed by atoms with E-state index in [2.05, 4.69) is 9.97 Å². The number of hydrogen-bond acceptors (Lipinski definition) is 8. The van der Waals surface area contributed by atoms with E-state index in [1.165, 1.54) is 0 Å². The molecule has 2 aromatic heterocycles. The molecule has 3 heterocycles. The lowest BCUT2D eigenvalue weighted by atomic mass is 9.78. The highest BCUT2D eigenvalue weighted by Gasteiger charge is 2.51. The van der Waals surface area contributed by atoms with Crippen molar-refractivity contribution in [2.75, 3.05) is 11.5 Å². The fourth-order valence-corrected chi connectivity index (χ4v) is 3.62. The number of rotatable bonds is 2. The molecule has 8 nitrogen and oxygen atoms in total. The minimum atomic E-state index is -1.46. The third kappa shape index (κ3) is 4.85. The fraction of sp³-hybridized carbons (Fsp3) is 0.250. The van der Waals surface area contributed by atoms with Gasteiger partial charge in [0.15, 0.2) is 0 Å². The Balaban J connectivity index is 0.000000172. The Morgan fingerprint density at radius 2 is 1.26 bits per heavy atom. The Bertz CT molecular complexity index is 1330. The average Bonchev–Trinajstić information content (AvgIpc) is 3.00. The van der Waals surface area contributed by atoms with Crippen molar-refractivity contribution < 1.29 is 19.4 Å². The first kappa shape index (κ1) is 24.0. The van der Waals surface area contributed by atoms with Crippen LogP contribution in [0, 0.1) is 0 Å². The van der Waals surface area contributed by atoms with Crippen molar-refractivity contribution in [3.63, 3.8) is 0 Å². The zero-order valence-electron chi connectivity index (χ0n) is 19.7. The molecule has 2 aromatic carbocycles. The molecule has 0 saturated carbocycles. The van der Waals surface area contributed by atoms with Crippen LogP contribution in [0.4, 0.5) is 11.4 Å². The Labute approximate surface area is 199 Å². The second-order valence-corrected chi connectivity index (χ2v) is 9.40. The summed E-state index contributed by atoms with van der Waals surface area (Å²) in [6.45, 7) is 8.20. The summed E-state index contributed by atoms with van der Waals surface area (Å²) in [5.41, 5.74) is 15.0. The van der Waals surface area contributed by atoms with E-state index < -0.39 is 7.12 Å². The van der Waals surface area contributed by atoms with E-state index in [1.54, 1.807) is 36.7 Å². The lowest BCUT2D eigenvalue weighted by Gasteiger charge is -2.32. The van der Waals surface area contributed by atoms with Crippen LogP contribution in [0.2, 0.25) is 0 Å². The second kappa shape index (κ2) is 8.88. The number of aromatic nitrogens is 2. The maximum absolute atomic E-state index is 8.96. The van der Waals surface area contributed by atoms with Gasteiger partial charge in [0.1, 0.15) is 0 Å². The molecule has 1 aliphatic heterocycles. The second-order valence-electron chi connectivity index (χ2n) is 9.40. The molecule has 4 aromatic rings. The van der Waals surface area contributed by atoms with Crippen LogP contribution in [-0.4, -0.2) is 45.5 Å². The summed E-state index contributed by atoms with van der Waals surface area (Å²) in [6.07, 6.45) is 3.23. The smallest absolute Gasteiger partial charge is 0.423 e. The van der Waals surface area contributed by atoms with Gasteiger partial charge in [-0.3, -0.25) is 9.97 Å². The van der Waals surface area contributed by atoms with E-state index in [-0.39, 0.29) is 18.3 Å². The molecule has 0 amide bonds. The maximum Gasteiger partial charge on any atom is 0.494 e. The predicted octanol–water partition coefficient (Wildman–Crippen LogP) is 1.61. The summed E-state index contributed by atoms with van der Waals surface area (Å²) in [5, 5.41) is 19.7. The number of nitrogen functional groups attached to an aromatic ring is 2. The number of pyridine rings is 2. The van der Waals surface area contributed by atoms with Crippen LogP contribution in [-0.2, 0) is 9.31 Å². The van der Waals surface area contributed by atoms with Crippen LogP contribution in [0.5, 0.6) is 0 Å². The Morgan fingerprint density at radius 3 is 1.79 bits per heavy atom. The van der Waals surface area contributed by atoms with Gasteiger partial charge in [0, 0.05) is 10.8 Å². The van der Waals surface area contributed by atoms with Gasteiger partial charge >= 0.3 is 14.2 Å². The highest BCUT2D eigenvalue weighted by atomic mass is 16.7. The van der Waals surface area contributed by atoms with Crippen molar-refractivity contribution in [1.29, 1.82) is 0 Å². The molecular weight excluding hydrogens is 430 g/mol. The van der Waals surface area contributed by atoms with Crippen LogP contribution in [0.15, 0.2) is 60.9 Å². The van der Waals surface area contributed by atoms with Crippen LogP contribution < -0.4 is 22.4 Å². The molecule has 5 rings (SSSR count). The number of benzene rings is 2. The Hall–Kier alpha value is -3.17. The summed E-state index contributed by atoms with van der Waals surface area (Å²) >= 11 is 0. The molecule has 0 radical (unpaired) electrons. The predicted molar refractivity (Wildman–Crippen MR) is 138 cm³/mol. The van der Waals surface area contributed by atoms with E-state index in [1.807, 2.05) is 52.0 Å². The van der Waals surface area contributed by atoms with Crippen LogP contribution in [0.25, 0.3) is 21.8 Å². The zero-order valence-corrected chi connectivity index (χ0v) is 19.7. The molecule has 0 atom stereocenters. The van der Waals surface area contributed by atoms with Gasteiger partial charge < -0.3 is 30.8 Å². The van der Waals surface area contributed by atoms with E-state index in [0.29, 0.717) is 16.8 Å². The Kier molecular flexibility index (Phi) is 6.26. The molecule has 0 bridgehead atoms.